The zero-order valence-corrected chi connectivity index (χ0v) is 10.8. The minimum absolute atomic E-state index is 0.781. The van der Waals surface area contributed by atoms with Crippen molar-refractivity contribution in [2.75, 3.05) is 19.6 Å². The SMILES string of the molecule is CCCN1CCC[C@H](CN)[C@H]1C1CCCC1. The fourth-order valence-electron chi connectivity index (χ4n) is 3.96. The third-order valence-electron chi connectivity index (χ3n) is 4.62. The van der Waals surface area contributed by atoms with E-state index in [9.17, 15) is 0 Å². The molecule has 94 valence electrons. The van der Waals surface area contributed by atoms with Crippen LogP contribution in [0.3, 0.4) is 0 Å². The van der Waals surface area contributed by atoms with Gasteiger partial charge in [-0.15, -0.1) is 0 Å². The molecule has 0 radical (unpaired) electrons. The first-order chi connectivity index (χ1) is 7.86. The molecule has 2 N–H and O–H groups in total. The largest absolute Gasteiger partial charge is 0.330 e. The third-order valence-corrected chi connectivity index (χ3v) is 4.62. The smallest absolute Gasteiger partial charge is 0.0164 e. The number of nitrogens with zero attached hydrogens (tertiary/aromatic N) is 1. The van der Waals surface area contributed by atoms with Crippen molar-refractivity contribution < 1.29 is 0 Å². The maximum absolute atomic E-state index is 5.99. The Labute approximate surface area is 101 Å². The first-order valence-electron chi connectivity index (χ1n) is 7.31. The van der Waals surface area contributed by atoms with Crippen molar-refractivity contribution in [2.45, 2.75) is 57.9 Å². The molecule has 0 aromatic carbocycles. The summed E-state index contributed by atoms with van der Waals surface area (Å²) in [5.74, 6) is 1.74. The Morgan fingerprint density at radius 3 is 2.50 bits per heavy atom. The monoisotopic (exact) mass is 224 g/mol. The molecule has 2 rings (SSSR count). The molecule has 2 atom stereocenters. The molecule has 2 heteroatoms. The Bertz CT molecular complexity index is 195. The standard InChI is InChI=1S/C14H28N2/c1-2-9-16-10-5-8-13(11-15)14(16)12-6-3-4-7-12/h12-14H,2-11,15H2,1H3/t13-,14-/m1/s1. The molecule has 2 aliphatic rings. The normalized spacial score (nSPS) is 33.4. The second kappa shape index (κ2) is 6.02. The maximum atomic E-state index is 5.99. The second-order valence-electron chi connectivity index (χ2n) is 5.71. The molecule has 1 heterocycles. The summed E-state index contributed by atoms with van der Waals surface area (Å²) in [5.41, 5.74) is 5.99. The molecule has 0 aromatic rings. The molecule has 1 saturated heterocycles. The van der Waals surface area contributed by atoms with Crippen LogP contribution < -0.4 is 5.73 Å². The van der Waals surface area contributed by atoms with Gasteiger partial charge >= 0.3 is 0 Å². The van der Waals surface area contributed by atoms with Gasteiger partial charge in [-0.25, -0.2) is 0 Å². The summed E-state index contributed by atoms with van der Waals surface area (Å²) in [6, 6.07) is 0.821. The van der Waals surface area contributed by atoms with Crippen molar-refractivity contribution in [1.82, 2.24) is 4.90 Å². The Morgan fingerprint density at radius 2 is 1.88 bits per heavy atom. The molecule has 1 aliphatic carbocycles. The summed E-state index contributed by atoms with van der Waals surface area (Å²) in [4.78, 5) is 2.76. The number of piperidine rings is 1. The van der Waals surface area contributed by atoms with Crippen molar-refractivity contribution in [3.8, 4) is 0 Å². The predicted molar refractivity (Wildman–Crippen MR) is 69.4 cm³/mol. The molecule has 16 heavy (non-hydrogen) atoms. The number of likely N-dealkylation sites (tertiary alicyclic amines) is 1. The van der Waals surface area contributed by atoms with Crippen LogP contribution in [0, 0.1) is 11.8 Å². The predicted octanol–water partition coefficient (Wildman–Crippen LogP) is 2.63. The minimum Gasteiger partial charge on any atom is -0.330 e. The third kappa shape index (κ3) is 2.60. The fourth-order valence-corrected chi connectivity index (χ4v) is 3.96. The van der Waals surface area contributed by atoms with E-state index in [1.54, 1.807) is 0 Å². The van der Waals surface area contributed by atoms with E-state index in [0.29, 0.717) is 0 Å². The van der Waals surface area contributed by atoms with Gasteiger partial charge in [0.05, 0.1) is 0 Å². The van der Waals surface area contributed by atoms with E-state index in [1.807, 2.05) is 0 Å². The van der Waals surface area contributed by atoms with Gasteiger partial charge in [-0.1, -0.05) is 19.8 Å². The maximum Gasteiger partial charge on any atom is 0.0164 e. The fraction of sp³-hybridized carbons (Fsp3) is 1.00. The highest BCUT2D eigenvalue weighted by Gasteiger charge is 2.36. The van der Waals surface area contributed by atoms with Crippen LogP contribution in [0.25, 0.3) is 0 Å². The lowest BCUT2D eigenvalue weighted by molar-refractivity contribution is 0.0539. The Hall–Kier alpha value is -0.0800. The van der Waals surface area contributed by atoms with E-state index in [1.165, 1.54) is 58.0 Å². The lowest BCUT2D eigenvalue weighted by Gasteiger charge is -2.44. The Kier molecular flexibility index (Phi) is 4.66. The van der Waals surface area contributed by atoms with Gasteiger partial charge in [-0.2, -0.15) is 0 Å². The highest BCUT2D eigenvalue weighted by Crippen LogP contribution is 2.37. The quantitative estimate of drug-likeness (QED) is 0.795. The topological polar surface area (TPSA) is 29.3 Å². The van der Waals surface area contributed by atoms with Gasteiger partial charge in [0.15, 0.2) is 0 Å². The molecule has 0 aromatic heterocycles. The molecule has 2 fully saturated rings. The van der Waals surface area contributed by atoms with E-state index in [0.717, 1.165) is 24.4 Å². The number of rotatable bonds is 4. The van der Waals surface area contributed by atoms with E-state index < -0.39 is 0 Å². The van der Waals surface area contributed by atoms with Crippen molar-refractivity contribution in [3.63, 3.8) is 0 Å². The van der Waals surface area contributed by atoms with Crippen LogP contribution in [-0.2, 0) is 0 Å². The highest BCUT2D eigenvalue weighted by atomic mass is 15.2. The van der Waals surface area contributed by atoms with E-state index >= 15 is 0 Å². The number of hydrogen-bond donors (Lipinski definition) is 1. The molecular formula is C14H28N2. The van der Waals surface area contributed by atoms with Crippen LogP contribution in [0.1, 0.15) is 51.9 Å². The molecule has 0 amide bonds. The van der Waals surface area contributed by atoms with Crippen molar-refractivity contribution in [3.05, 3.63) is 0 Å². The van der Waals surface area contributed by atoms with Gasteiger partial charge in [0.1, 0.15) is 0 Å². The number of hydrogen-bond acceptors (Lipinski definition) is 2. The van der Waals surface area contributed by atoms with Crippen LogP contribution in [-0.4, -0.2) is 30.6 Å². The zero-order chi connectivity index (χ0) is 11.4. The van der Waals surface area contributed by atoms with Crippen LogP contribution in [0.2, 0.25) is 0 Å². The molecule has 1 aliphatic heterocycles. The molecule has 2 nitrogen and oxygen atoms in total. The van der Waals surface area contributed by atoms with Crippen LogP contribution in [0.5, 0.6) is 0 Å². The number of nitrogens with two attached hydrogens (primary N) is 1. The summed E-state index contributed by atoms with van der Waals surface area (Å²) in [7, 11) is 0. The Morgan fingerprint density at radius 1 is 1.12 bits per heavy atom. The first-order valence-corrected chi connectivity index (χ1v) is 7.31. The molecular weight excluding hydrogens is 196 g/mol. The minimum atomic E-state index is 0.781. The van der Waals surface area contributed by atoms with E-state index in [4.69, 9.17) is 5.73 Å². The summed E-state index contributed by atoms with van der Waals surface area (Å²) in [6.45, 7) is 5.82. The summed E-state index contributed by atoms with van der Waals surface area (Å²) in [6.07, 6.45) is 9.86. The van der Waals surface area contributed by atoms with Gasteiger partial charge in [0, 0.05) is 6.04 Å². The summed E-state index contributed by atoms with van der Waals surface area (Å²) >= 11 is 0. The van der Waals surface area contributed by atoms with Crippen molar-refractivity contribution in [2.24, 2.45) is 17.6 Å². The molecule has 0 unspecified atom stereocenters. The summed E-state index contributed by atoms with van der Waals surface area (Å²) < 4.78 is 0. The molecule has 0 spiro atoms. The van der Waals surface area contributed by atoms with Crippen LogP contribution in [0.4, 0.5) is 0 Å². The second-order valence-corrected chi connectivity index (χ2v) is 5.71. The average Bonchev–Trinajstić information content (AvgIpc) is 2.82. The van der Waals surface area contributed by atoms with Crippen LogP contribution >= 0.6 is 0 Å². The van der Waals surface area contributed by atoms with Gasteiger partial charge in [0.25, 0.3) is 0 Å². The summed E-state index contributed by atoms with van der Waals surface area (Å²) in [5, 5.41) is 0. The van der Waals surface area contributed by atoms with Gasteiger partial charge < -0.3 is 5.73 Å². The van der Waals surface area contributed by atoms with Crippen molar-refractivity contribution in [1.29, 1.82) is 0 Å². The van der Waals surface area contributed by atoms with E-state index in [2.05, 4.69) is 11.8 Å². The Balaban J connectivity index is 2.03. The lowest BCUT2D eigenvalue weighted by Crippen LogP contribution is -2.51. The van der Waals surface area contributed by atoms with Gasteiger partial charge in [-0.3, -0.25) is 4.90 Å². The molecule has 0 bridgehead atoms. The van der Waals surface area contributed by atoms with E-state index in [-0.39, 0.29) is 0 Å². The van der Waals surface area contributed by atoms with Crippen molar-refractivity contribution >= 4 is 0 Å². The van der Waals surface area contributed by atoms with Crippen LogP contribution in [0.15, 0.2) is 0 Å². The zero-order valence-electron chi connectivity index (χ0n) is 10.8. The van der Waals surface area contributed by atoms with Gasteiger partial charge in [-0.05, 0) is 63.6 Å². The molecule has 1 saturated carbocycles. The van der Waals surface area contributed by atoms with Gasteiger partial charge in [0.2, 0.25) is 0 Å². The average molecular weight is 224 g/mol. The lowest BCUT2D eigenvalue weighted by atomic mass is 9.80. The first kappa shape index (κ1) is 12.4. The highest BCUT2D eigenvalue weighted by molar-refractivity contribution is 4.91.